The van der Waals surface area contributed by atoms with Gasteiger partial charge in [-0.25, -0.2) is 0 Å². The van der Waals surface area contributed by atoms with Gasteiger partial charge in [0.15, 0.2) is 5.78 Å². The van der Waals surface area contributed by atoms with Crippen LogP contribution in [0.4, 0.5) is 0 Å². The average molecular weight is 392 g/mol. The molecule has 0 aliphatic heterocycles. The molecule has 0 aromatic heterocycles. The standard InChI is InChI=1S/C21H33N3O4/c1-4-14(2)19(21(28)23-12-6-5-7-18(26)15(3)25)24-20(27)17-10-8-16(13-22)9-11-17/h8-11,14-15,19,25H,4-7,12-13,22H2,1-3H3,(H,23,28)(H,24,27)/t14?,15?,19-/m0/s1. The van der Waals surface area contributed by atoms with Gasteiger partial charge in [-0.15, -0.1) is 0 Å². The second-order valence-electron chi connectivity index (χ2n) is 7.13. The lowest BCUT2D eigenvalue weighted by atomic mass is 9.97. The molecule has 2 amide bonds. The lowest BCUT2D eigenvalue weighted by molar-refractivity contribution is -0.126. The summed E-state index contributed by atoms with van der Waals surface area (Å²) in [4.78, 5) is 36.5. The summed E-state index contributed by atoms with van der Waals surface area (Å²) in [5.41, 5.74) is 6.98. The molecule has 1 aromatic rings. The molecule has 0 spiro atoms. The van der Waals surface area contributed by atoms with Crippen molar-refractivity contribution in [1.29, 1.82) is 0 Å². The lowest BCUT2D eigenvalue weighted by Gasteiger charge is -2.23. The molecule has 0 heterocycles. The van der Waals surface area contributed by atoms with Gasteiger partial charge in [-0.3, -0.25) is 14.4 Å². The molecule has 7 heteroatoms. The Bertz CT molecular complexity index is 644. The minimum atomic E-state index is -0.946. The van der Waals surface area contributed by atoms with Crippen molar-refractivity contribution in [1.82, 2.24) is 10.6 Å². The molecule has 0 saturated carbocycles. The molecule has 1 rings (SSSR count). The molecule has 0 saturated heterocycles. The van der Waals surface area contributed by atoms with Crippen LogP contribution in [0.25, 0.3) is 0 Å². The van der Waals surface area contributed by atoms with E-state index in [0.29, 0.717) is 31.5 Å². The number of hydrogen-bond acceptors (Lipinski definition) is 5. The number of hydrogen-bond donors (Lipinski definition) is 4. The van der Waals surface area contributed by atoms with Gasteiger partial charge in [0.2, 0.25) is 5.91 Å². The number of unbranched alkanes of at least 4 members (excludes halogenated alkanes) is 1. The average Bonchev–Trinajstić information content (AvgIpc) is 2.70. The summed E-state index contributed by atoms with van der Waals surface area (Å²) >= 11 is 0. The van der Waals surface area contributed by atoms with Crippen LogP contribution in [0.1, 0.15) is 62.4 Å². The molecular weight excluding hydrogens is 358 g/mol. The molecule has 0 aliphatic carbocycles. The highest BCUT2D eigenvalue weighted by atomic mass is 16.3. The van der Waals surface area contributed by atoms with Crippen LogP contribution >= 0.6 is 0 Å². The van der Waals surface area contributed by atoms with E-state index in [4.69, 9.17) is 10.8 Å². The van der Waals surface area contributed by atoms with E-state index < -0.39 is 12.1 Å². The van der Waals surface area contributed by atoms with Gasteiger partial charge in [-0.2, -0.15) is 0 Å². The van der Waals surface area contributed by atoms with Gasteiger partial charge in [-0.05, 0) is 43.4 Å². The smallest absolute Gasteiger partial charge is 0.251 e. The molecule has 28 heavy (non-hydrogen) atoms. The van der Waals surface area contributed by atoms with Crippen LogP contribution in [0.2, 0.25) is 0 Å². The quantitative estimate of drug-likeness (QED) is 0.403. The second-order valence-corrected chi connectivity index (χ2v) is 7.13. The fraction of sp³-hybridized carbons (Fsp3) is 0.571. The number of benzene rings is 1. The van der Waals surface area contributed by atoms with Gasteiger partial charge in [0.1, 0.15) is 12.1 Å². The number of nitrogens with one attached hydrogen (secondary N) is 2. The highest BCUT2D eigenvalue weighted by Gasteiger charge is 2.26. The minimum Gasteiger partial charge on any atom is -0.386 e. The zero-order valence-corrected chi connectivity index (χ0v) is 17.0. The highest BCUT2D eigenvalue weighted by molar-refractivity contribution is 5.97. The van der Waals surface area contributed by atoms with E-state index in [2.05, 4.69) is 10.6 Å². The van der Waals surface area contributed by atoms with E-state index in [1.54, 1.807) is 24.3 Å². The molecule has 5 N–H and O–H groups in total. The van der Waals surface area contributed by atoms with Crippen LogP contribution in [0.5, 0.6) is 0 Å². The third-order valence-electron chi connectivity index (χ3n) is 4.85. The maximum absolute atomic E-state index is 12.6. The summed E-state index contributed by atoms with van der Waals surface area (Å²) in [6, 6.07) is 6.35. The van der Waals surface area contributed by atoms with Crippen molar-refractivity contribution in [3.05, 3.63) is 35.4 Å². The first-order valence-corrected chi connectivity index (χ1v) is 9.88. The SMILES string of the molecule is CCC(C)[C@H](NC(=O)c1ccc(CN)cc1)C(=O)NCCCCC(=O)C(C)O. The van der Waals surface area contributed by atoms with Crippen molar-refractivity contribution in [3.8, 4) is 0 Å². The Labute approximate surface area is 167 Å². The molecule has 2 unspecified atom stereocenters. The number of amides is 2. The van der Waals surface area contributed by atoms with Gasteiger partial charge in [-0.1, -0.05) is 32.4 Å². The molecule has 0 radical (unpaired) electrons. The van der Waals surface area contributed by atoms with E-state index in [9.17, 15) is 14.4 Å². The molecule has 0 aliphatic rings. The summed E-state index contributed by atoms with van der Waals surface area (Å²) in [7, 11) is 0. The zero-order chi connectivity index (χ0) is 21.1. The Balaban J connectivity index is 2.57. The van der Waals surface area contributed by atoms with Crippen molar-refractivity contribution in [2.75, 3.05) is 6.54 Å². The van der Waals surface area contributed by atoms with E-state index in [1.807, 2.05) is 13.8 Å². The monoisotopic (exact) mass is 391 g/mol. The number of nitrogens with two attached hydrogens (primary N) is 1. The molecule has 7 nitrogen and oxygen atoms in total. The minimum absolute atomic E-state index is 0.0240. The summed E-state index contributed by atoms with van der Waals surface area (Å²) in [6.45, 7) is 6.16. The number of ketones is 1. The van der Waals surface area contributed by atoms with Crippen LogP contribution in [0.3, 0.4) is 0 Å². The fourth-order valence-electron chi connectivity index (χ4n) is 2.67. The second kappa shape index (κ2) is 12.3. The Hall–Kier alpha value is -2.25. The Morgan fingerprint density at radius 1 is 1.11 bits per heavy atom. The normalized spacial score (nSPS) is 14.0. The Morgan fingerprint density at radius 2 is 1.75 bits per heavy atom. The van der Waals surface area contributed by atoms with Gasteiger partial charge >= 0.3 is 0 Å². The van der Waals surface area contributed by atoms with Gasteiger partial charge in [0, 0.05) is 25.1 Å². The third kappa shape index (κ3) is 7.78. The highest BCUT2D eigenvalue weighted by Crippen LogP contribution is 2.11. The molecule has 156 valence electrons. The van der Waals surface area contributed by atoms with Crippen LogP contribution in [-0.4, -0.2) is 41.4 Å². The Morgan fingerprint density at radius 3 is 2.29 bits per heavy atom. The van der Waals surface area contributed by atoms with Crippen LogP contribution in [-0.2, 0) is 16.1 Å². The van der Waals surface area contributed by atoms with E-state index in [-0.39, 0.29) is 29.9 Å². The lowest BCUT2D eigenvalue weighted by Crippen LogP contribution is -2.50. The predicted molar refractivity (Wildman–Crippen MR) is 109 cm³/mol. The topological polar surface area (TPSA) is 122 Å². The van der Waals surface area contributed by atoms with Crippen LogP contribution < -0.4 is 16.4 Å². The molecule has 0 fully saturated rings. The summed E-state index contributed by atoms with van der Waals surface area (Å²) < 4.78 is 0. The van der Waals surface area contributed by atoms with Crippen molar-refractivity contribution in [2.24, 2.45) is 11.7 Å². The maximum atomic E-state index is 12.6. The first kappa shape index (κ1) is 23.8. The molecular formula is C21H33N3O4. The largest absolute Gasteiger partial charge is 0.386 e. The van der Waals surface area contributed by atoms with Crippen molar-refractivity contribution >= 4 is 17.6 Å². The predicted octanol–water partition coefficient (Wildman–Crippen LogP) is 1.53. The zero-order valence-electron chi connectivity index (χ0n) is 17.0. The van der Waals surface area contributed by atoms with Crippen LogP contribution in [0, 0.1) is 5.92 Å². The maximum Gasteiger partial charge on any atom is 0.251 e. The number of aliphatic hydroxyl groups excluding tert-OH is 1. The number of aliphatic hydroxyl groups is 1. The first-order valence-electron chi connectivity index (χ1n) is 9.88. The molecule has 0 bridgehead atoms. The number of Topliss-reactive ketones (excluding diaryl/α,β-unsaturated/α-hetero) is 1. The van der Waals surface area contributed by atoms with Gasteiger partial charge < -0.3 is 21.5 Å². The first-order chi connectivity index (χ1) is 13.3. The van der Waals surface area contributed by atoms with Crippen molar-refractivity contribution < 1.29 is 19.5 Å². The number of rotatable bonds is 12. The molecule has 1 aromatic carbocycles. The molecule has 3 atom stereocenters. The van der Waals surface area contributed by atoms with E-state index in [1.165, 1.54) is 6.92 Å². The van der Waals surface area contributed by atoms with Crippen molar-refractivity contribution in [2.45, 2.75) is 65.1 Å². The summed E-state index contributed by atoms with van der Waals surface area (Å²) in [5.74, 6) is -0.754. The van der Waals surface area contributed by atoms with Crippen molar-refractivity contribution in [3.63, 3.8) is 0 Å². The van der Waals surface area contributed by atoms with E-state index in [0.717, 1.165) is 12.0 Å². The summed E-state index contributed by atoms with van der Waals surface area (Å²) in [5, 5.41) is 14.8. The number of carbonyl (C=O) groups is 3. The Kier molecular flexibility index (Phi) is 10.4. The third-order valence-corrected chi connectivity index (χ3v) is 4.85. The number of carbonyl (C=O) groups excluding carboxylic acids is 3. The van der Waals surface area contributed by atoms with E-state index >= 15 is 0 Å². The fourth-order valence-corrected chi connectivity index (χ4v) is 2.67. The van der Waals surface area contributed by atoms with Gasteiger partial charge in [0.25, 0.3) is 5.91 Å². The summed E-state index contributed by atoms with van der Waals surface area (Å²) in [6.07, 6.45) is 1.31. The van der Waals surface area contributed by atoms with Crippen LogP contribution in [0.15, 0.2) is 24.3 Å². The van der Waals surface area contributed by atoms with Gasteiger partial charge in [0.05, 0.1) is 0 Å².